The van der Waals surface area contributed by atoms with E-state index in [4.69, 9.17) is 0 Å². The highest BCUT2D eigenvalue weighted by molar-refractivity contribution is 5.68. The first-order valence-electron chi connectivity index (χ1n) is 13.7. The van der Waals surface area contributed by atoms with E-state index >= 15 is 0 Å². The number of nitrogens with zero attached hydrogens (tertiary/aromatic N) is 1. The van der Waals surface area contributed by atoms with Gasteiger partial charge in [-0.1, -0.05) is 146 Å². The number of benzene rings is 5. The highest BCUT2D eigenvalue weighted by atomic mass is 16.5. The summed E-state index contributed by atoms with van der Waals surface area (Å²) in [5.74, 6) is 0. The van der Waals surface area contributed by atoms with Gasteiger partial charge in [-0.2, -0.15) is 0 Å². The molecule has 193 valence electrons. The van der Waals surface area contributed by atoms with Gasteiger partial charge in [-0.15, -0.1) is 0 Å². The average Bonchev–Trinajstić information content (AvgIpc) is 2.98. The van der Waals surface area contributed by atoms with Gasteiger partial charge in [0.2, 0.25) is 0 Å². The van der Waals surface area contributed by atoms with Crippen LogP contribution in [0.2, 0.25) is 0 Å². The molecule has 0 spiro atoms. The van der Waals surface area contributed by atoms with Crippen molar-refractivity contribution >= 4 is 5.69 Å². The van der Waals surface area contributed by atoms with Crippen molar-refractivity contribution in [1.29, 1.82) is 0 Å². The summed E-state index contributed by atoms with van der Waals surface area (Å²) in [6, 6.07) is 49.4. The lowest BCUT2D eigenvalue weighted by atomic mass is 9.62. The lowest BCUT2D eigenvalue weighted by Crippen LogP contribution is -2.51. The van der Waals surface area contributed by atoms with Gasteiger partial charge in [0.1, 0.15) is 0 Å². The zero-order valence-corrected chi connectivity index (χ0v) is 22.8. The second-order valence-corrected chi connectivity index (χ2v) is 11.6. The first kappa shape index (κ1) is 25.2. The number of hydrogen-bond acceptors (Lipinski definition) is 1. The van der Waals surface area contributed by atoms with Gasteiger partial charge in [0.25, 0.3) is 0 Å². The fraction of sp³-hybridized carbons (Fsp3) is 0.189. The summed E-state index contributed by atoms with van der Waals surface area (Å²) in [5, 5.41) is 15.0. The maximum Gasteiger partial charge on any atom is 0.0715 e. The number of rotatable bonds is 5. The molecule has 0 fully saturated rings. The van der Waals surface area contributed by atoms with E-state index < -0.39 is 11.0 Å². The molecule has 0 saturated heterocycles. The summed E-state index contributed by atoms with van der Waals surface area (Å²) >= 11 is 0. The van der Waals surface area contributed by atoms with Crippen LogP contribution in [0.25, 0.3) is 0 Å². The van der Waals surface area contributed by atoms with E-state index in [1.54, 1.807) is 0 Å². The third-order valence-corrected chi connectivity index (χ3v) is 8.61. The Hall–Kier alpha value is -4.14. The van der Waals surface area contributed by atoms with Crippen molar-refractivity contribution in [3.63, 3.8) is 0 Å². The zero-order chi connectivity index (χ0) is 27.1. The third-order valence-electron chi connectivity index (χ3n) is 8.61. The minimum absolute atomic E-state index is 0.327. The highest BCUT2D eigenvalue weighted by Crippen LogP contribution is 2.53. The molecule has 1 aliphatic heterocycles. The topological polar surface area (TPSA) is 23.1 Å². The first-order chi connectivity index (χ1) is 18.9. The summed E-state index contributed by atoms with van der Waals surface area (Å²) in [4.78, 5) is 0. The van der Waals surface area contributed by atoms with Crippen LogP contribution >= 0.6 is 0 Å². The van der Waals surface area contributed by atoms with Gasteiger partial charge < -0.3 is 0 Å². The maximum absolute atomic E-state index is 13.7. The molecule has 0 amide bonds. The molecule has 1 atom stereocenters. The Morgan fingerprint density at radius 3 is 1.46 bits per heavy atom. The molecule has 1 radical (unpaired) electrons. The van der Waals surface area contributed by atoms with E-state index in [1.807, 2.05) is 0 Å². The molecule has 2 heteroatoms. The molecule has 0 aliphatic carbocycles. The molecule has 39 heavy (non-hydrogen) atoms. The summed E-state index contributed by atoms with van der Waals surface area (Å²) in [6.07, 6.45) is 0.721. The standard InChI is InChI=1S/C37H34NO/c1-35(2)27-36(3,28-16-8-4-9-17-28)33-26-32(24-25-34(33)38(35)39)37(29-18-10-5-11-19-29,30-20-12-6-13-21-30)31-22-14-7-15-23-31/h4-26H,27H2,1-3H3. The van der Waals surface area contributed by atoms with Crippen molar-refractivity contribution in [2.75, 3.05) is 5.06 Å². The predicted molar refractivity (Wildman–Crippen MR) is 160 cm³/mol. The van der Waals surface area contributed by atoms with Crippen LogP contribution in [-0.2, 0) is 16.0 Å². The number of hydroxylamine groups is 1. The summed E-state index contributed by atoms with van der Waals surface area (Å²) < 4.78 is 0. The normalized spacial score (nSPS) is 18.4. The Morgan fingerprint density at radius 2 is 1.00 bits per heavy atom. The van der Waals surface area contributed by atoms with Gasteiger partial charge in [0, 0.05) is 5.41 Å². The Kier molecular flexibility index (Phi) is 6.16. The van der Waals surface area contributed by atoms with Crippen LogP contribution in [0, 0.1) is 0 Å². The van der Waals surface area contributed by atoms with Gasteiger partial charge in [0.15, 0.2) is 0 Å². The van der Waals surface area contributed by atoms with Gasteiger partial charge in [-0.05, 0) is 59.7 Å². The SMILES string of the molecule is CC1(c2ccccc2)CC(C)(C)N([O])c2ccc(C(c3ccccc3)(c3ccccc3)c3ccccc3)cc21. The third kappa shape index (κ3) is 3.99. The number of fused-ring (bicyclic) bond motifs is 1. The van der Waals surface area contributed by atoms with Crippen molar-refractivity contribution in [3.8, 4) is 0 Å². The number of anilines is 1. The minimum atomic E-state index is -0.558. The molecular weight excluding hydrogens is 474 g/mol. The smallest absolute Gasteiger partial charge is 0.0715 e. The molecule has 0 bridgehead atoms. The Bertz CT molecular complexity index is 1470. The van der Waals surface area contributed by atoms with E-state index in [9.17, 15) is 5.21 Å². The van der Waals surface area contributed by atoms with Gasteiger partial charge in [0.05, 0.1) is 16.6 Å². The molecule has 0 saturated carbocycles. The highest BCUT2D eigenvalue weighted by Gasteiger charge is 2.48. The Balaban J connectivity index is 1.71. The first-order valence-corrected chi connectivity index (χ1v) is 13.7. The minimum Gasteiger partial charge on any atom is -0.215 e. The molecule has 0 N–H and O–H groups in total. The lowest BCUT2D eigenvalue weighted by Gasteiger charge is -2.49. The van der Waals surface area contributed by atoms with Crippen molar-refractivity contribution in [3.05, 3.63) is 173 Å². The van der Waals surface area contributed by atoms with Crippen molar-refractivity contribution in [2.24, 2.45) is 0 Å². The van der Waals surface area contributed by atoms with E-state index in [0.29, 0.717) is 0 Å². The van der Waals surface area contributed by atoms with Crippen LogP contribution in [0.5, 0.6) is 0 Å². The fourth-order valence-electron chi connectivity index (χ4n) is 6.87. The maximum atomic E-state index is 13.7. The van der Waals surface area contributed by atoms with Gasteiger partial charge in [-0.3, -0.25) is 0 Å². The van der Waals surface area contributed by atoms with Crippen molar-refractivity contribution < 1.29 is 5.21 Å². The number of hydrogen-bond donors (Lipinski definition) is 0. The Labute approximate surface area is 232 Å². The predicted octanol–water partition coefficient (Wildman–Crippen LogP) is 8.71. The molecular formula is C37H34NO. The molecule has 1 heterocycles. The second-order valence-electron chi connectivity index (χ2n) is 11.6. The van der Waals surface area contributed by atoms with E-state index in [-0.39, 0.29) is 5.41 Å². The molecule has 0 aromatic heterocycles. The molecule has 1 aliphatic rings. The van der Waals surface area contributed by atoms with Gasteiger partial charge >= 0.3 is 0 Å². The molecule has 5 aromatic carbocycles. The molecule has 6 rings (SSSR count). The van der Waals surface area contributed by atoms with E-state index in [2.05, 4.69) is 160 Å². The fourth-order valence-corrected chi connectivity index (χ4v) is 6.87. The van der Waals surface area contributed by atoms with Crippen LogP contribution in [0.15, 0.2) is 140 Å². The second kappa shape index (κ2) is 9.55. The van der Waals surface area contributed by atoms with Crippen LogP contribution in [-0.4, -0.2) is 5.54 Å². The zero-order valence-electron chi connectivity index (χ0n) is 22.8. The molecule has 5 aromatic rings. The average molecular weight is 509 g/mol. The Morgan fingerprint density at radius 1 is 0.564 bits per heavy atom. The summed E-state index contributed by atoms with van der Waals surface area (Å²) in [5.41, 5.74) is 6.38. The van der Waals surface area contributed by atoms with Crippen LogP contribution < -0.4 is 5.06 Å². The van der Waals surface area contributed by atoms with E-state index in [0.717, 1.165) is 23.2 Å². The van der Waals surface area contributed by atoms with Crippen molar-refractivity contribution in [1.82, 2.24) is 0 Å². The summed E-state index contributed by atoms with van der Waals surface area (Å²) in [7, 11) is 0. The van der Waals surface area contributed by atoms with Crippen LogP contribution in [0.3, 0.4) is 0 Å². The molecule has 1 unspecified atom stereocenters. The monoisotopic (exact) mass is 508 g/mol. The largest absolute Gasteiger partial charge is 0.215 e. The van der Waals surface area contributed by atoms with Gasteiger partial charge in [-0.25, -0.2) is 5.06 Å². The summed E-state index contributed by atoms with van der Waals surface area (Å²) in [6.45, 7) is 6.41. The quantitative estimate of drug-likeness (QED) is 0.218. The van der Waals surface area contributed by atoms with Crippen LogP contribution in [0.1, 0.15) is 60.6 Å². The van der Waals surface area contributed by atoms with E-state index in [1.165, 1.54) is 27.3 Å². The molecule has 2 nitrogen and oxygen atoms in total. The van der Waals surface area contributed by atoms with Crippen LogP contribution in [0.4, 0.5) is 5.69 Å². The lowest BCUT2D eigenvalue weighted by molar-refractivity contribution is 0.0714. The van der Waals surface area contributed by atoms with Crippen molar-refractivity contribution in [2.45, 2.75) is 43.6 Å².